The van der Waals surface area contributed by atoms with E-state index in [1.54, 1.807) is 18.2 Å². The van der Waals surface area contributed by atoms with Crippen LogP contribution in [-0.4, -0.2) is 37.0 Å². The molecule has 18 heavy (non-hydrogen) atoms. The number of likely N-dealkylation sites (N-methyl/N-ethyl adjacent to an activating group) is 1. The van der Waals surface area contributed by atoms with Gasteiger partial charge in [-0.15, -0.1) is 0 Å². The third-order valence-electron chi connectivity index (χ3n) is 3.41. The zero-order valence-electron chi connectivity index (χ0n) is 10.6. The van der Waals surface area contributed by atoms with Crippen molar-refractivity contribution in [2.75, 3.05) is 31.6 Å². The fourth-order valence-corrected chi connectivity index (χ4v) is 2.36. The summed E-state index contributed by atoms with van der Waals surface area (Å²) >= 11 is 0. The van der Waals surface area contributed by atoms with E-state index in [1.807, 2.05) is 0 Å². The molecule has 0 saturated carbocycles. The van der Waals surface area contributed by atoms with Crippen molar-refractivity contribution >= 4 is 17.3 Å². The number of carbonyl (C=O) groups is 1. The Morgan fingerprint density at radius 1 is 1.39 bits per heavy atom. The first-order chi connectivity index (χ1) is 8.56. The zero-order chi connectivity index (χ0) is 13.1. The van der Waals surface area contributed by atoms with Crippen molar-refractivity contribution in [1.29, 1.82) is 0 Å². The average Bonchev–Trinajstić information content (AvgIpc) is 2.70. The highest BCUT2D eigenvalue weighted by Gasteiger charge is 2.21. The van der Waals surface area contributed by atoms with Crippen molar-refractivity contribution in [3.05, 3.63) is 23.8 Å². The van der Waals surface area contributed by atoms with Crippen molar-refractivity contribution in [1.82, 2.24) is 10.2 Å². The van der Waals surface area contributed by atoms with Crippen LogP contribution in [0.4, 0.5) is 11.4 Å². The molecule has 1 saturated heterocycles. The van der Waals surface area contributed by atoms with Crippen molar-refractivity contribution in [2.45, 2.75) is 18.9 Å². The van der Waals surface area contributed by atoms with E-state index in [2.05, 4.69) is 17.3 Å². The number of nitrogens with one attached hydrogen (secondary N) is 1. The van der Waals surface area contributed by atoms with Gasteiger partial charge in [-0.3, -0.25) is 4.79 Å². The summed E-state index contributed by atoms with van der Waals surface area (Å²) in [7, 11) is 2.09. The quantitative estimate of drug-likeness (QED) is 0.687. The van der Waals surface area contributed by atoms with Crippen molar-refractivity contribution in [3.8, 4) is 0 Å². The molecule has 1 aromatic rings. The van der Waals surface area contributed by atoms with Crippen LogP contribution in [0.2, 0.25) is 0 Å². The third kappa shape index (κ3) is 2.92. The van der Waals surface area contributed by atoms with E-state index in [0.29, 0.717) is 29.5 Å². The van der Waals surface area contributed by atoms with Gasteiger partial charge in [-0.25, -0.2) is 0 Å². The number of nitrogens with two attached hydrogens (primary N) is 2. The smallest absolute Gasteiger partial charge is 0.251 e. The summed E-state index contributed by atoms with van der Waals surface area (Å²) in [5.41, 5.74) is 12.9. The summed E-state index contributed by atoms with van der Waals surface area (Å²) in [6, 6.07) is 5.36. The largest absolute Gasteiger partial charge is 0.399 e. The van der Waals surface area contributed by atoms with E-state index >= 15 is 0 Å². The monoisotopic (exact) mass is 248 g/mol. The molecular weight excluding hydrogens is 228 g/mol. The Bertz CT molecular complexity index is 426. The van der Waals surface area contributed by atoms with Gasteiger partial charge in [0, 0.05) is 29.5 Å². The van der Waals surface area contributed by atoms with Crippen LogP contribution in [0.25, 0.3) is 0 Å². The van der Waals surface area contributed by atoms with Gasteiger partial charge in [0.05, 0.1) is 0 Å². The van der Waals surface area contributed by atoms with E-state index < -0.39 is 0 Å². The second kappa shape index (κ2) is 5.27. The SMILES string of the molecule is CN1CCCC1CNC(=O)c1cc(N)cc(N)c1. The van der Waals surface area contributed by atoms with Crippen LogP contribution in [0, 0.1) is 0 Å². The predicted molar refractivity (Wildman–Crippen MR) is 73.3 cm³/mol. The van der Waals surface area contributed by atoms with E-state index in [4.69, 9.17) is 11.5 Å². The Hall–Kier alpha value is -1.75. The Balaban J connectivity index is 1.95. The lowest BCUT2D eigenvalue weighted by atomic mass is 10.1. The third-order valence-corrected chi connectivity index (χ3v) is 3.41. The number of rotatable bonds is 3. The van der Waals surface area contributed by atoms with Crippen molar-refractivity contribution in [2.24, 2.45) is 0 Å². The number of anilines is 2. The minimum absolute atomic E-state index is 0.116. The first-order valence-corrected chi connectivity index (χ1v) is 6.21. The zero-order valence-corrected chi connectivity index (χ0v) is 10.6. The maximum absolute atomic E-state index is 12.0. The van der Waals surface area contributed by atoms with Crippen LogP contribution >= 0.6 is 0 Å². The molecule has 1 aliphatic rings. The molecule has 0 aromatic heterocycles. The molecule has 5 nitrogen and oxygen atoms in total. The highest BCUT2D eigenvalue weighted by atomic mass is 16.1. The predicted octanol–water partition coefficient (Wildman–Crippen LogP) is 0.675. The number of amides is 1. The van der Waals surface area contributed by atoms with Gasteiger partial charge < -0.3 is 21.7 Å². The summed E-state index contributed by atoms with van der Waals surface area (Å²) in [6.45, 7) is 1.77. The molecule has 0 radical (unpaired) electrons. The summed E-state index contributed by atoms with van der Waals surface area (Å²) in [6.07, 6.45) is 2.33. The van der Waals surface area contributed by atoms with Gasteiger partial charge in [-0.1, -0.05) is 0 Å². The first-order valence-electron chi connectivity index (χ1n) is 6.21. The van der Waals surface area contributed by atoms with Gasteiger partial charge in [0.1, 0.15) is 0 Å². The van der Waals surface area contributed by atoms with Gasteiger partial charge in [0.15, 0.2) is 0 Å². The number of carbonyl (C=O) groups excluding carboxylic acids is 1. The van der Waals surface area contributed by atoms with E-state index in [0.717, 1.165) is 13.0 Å². The van der Waals surface area contributed by atoms with Gasteiger partial charge in [0.25, 0.3) is 5.91 Å². The molecule has 1 amide bonds. The number of nitrogens with zero attached hydrogens (tertiary/aromatic N) is 1. The molecule has 5 N–H and O–H groups in total. The highest BCUT2D eigenvalue weighted by Crippen LogP contribution is 2.15. The Kier molecular flexibility index (Phi) is 3.72. The second-order valence-electron chi connectivity index (χ2n) is 4.88. The van der Waals surface area contributed by atoms with Gasteiger partial charge in [-0.05, 0) is 44.6 Å². The lowest BCUT2D eigenvalue weighted by Crippen LogP contribution is -2.38. The van der Waals surface area contributed by atoms with Crippen LogP contribution in [0.15, 0.2) is 18.2 Å². The fourth-order valence-electron chi connectivity index (χ4n) is 2.36. The Labute approximate surface area is 107 Å². The average molecular weight is 248 g/mol. The van der Waals surface area contributed by atoms with Crippen LogP contribution < -0.4 is 16.8 Å². The van der Waals surface area contributed by atoms with Gasteiger partial charge in [0.2, 0.25) is 0 Å². The normalized spacial score (nSPS) is 19.9. The minimum Gasteiger partial charge on any atom is -0.399 e. The Morgan fingerprint density at radius 3 is 2.61 bits per heavy atom. The molecule has 98 valence electrons. The molecule has 1 aromatic carbocycles. The number of benzene rings is 1. The minimum atomic E-state index is -0.116. The van der Waals surface area contributed by atoms with Gasteiger partial charge in [-0.2, -0.15) is 0 Å². The molecule has 1 fully saturated rings. The fraction of sp³-hybridized carbons (Fsp3) is 0.462. The van der Waals surface area contributed by atoms with Crippen LogP contribution in [0.5, 0.6) is 0 Å². The molecular formula is C13H20N4O. The number of hydrogen-bond donors (Lipinski definition) is 3. The van der Waals surface area contributed by atoms with Crippen LogP contribution in [-0.2, 0) is 0 Å². The maximum Gasteiger partial charge on any atom is 0.251 e. The lowest BCUT2D eigenvalue weighted by molar-refractivity contribution is 0.0943. The van der Waals surface area contributed by atoms with Crippen molar-refractivity contribution in [3.63, 3.8) is 0 Å². The molecule has 1 unspecified atom stereocenters. The summed E-state index contributed by atoms with van der Waals surface area (Å²) in [4.78, 5) is 14.2. The van der Waals surface area contributed by atoms with Crippen LogP contribution in [0.1, 0.15) is 23.2 Å². The lowest BCUT2D eigenvalue weighted by Gasteiger charge is -2.19. The molecule has 1 atom stereocenters. The number of likely N-dealkylation sites (tertiary alicyclic amines) is 1. The standard InChI is InChI=1S/C13H20N4O/c1-17-4-2-3-12(17)8-16-13(18)9-5-10(14)7-11(15)6-9/h5-7,12H,2-4,8,14-15H2,1H3,(H,16,18). The number of hydrogen-bond acceptors (Lipinski definition) is 4. The molecule has 1 aliphatic heterocycles. The molecule has 0 spiro atoms. The maximum atomic E-state index is 12.0. The summed E-state index contributed by atoms with van der Waals surface area (Å²) < 4.78 is 0. The Morgan fingerprint density at radius 2 is 2.06 bits per heavy atom. The topological polar surface area (TPSA) is 84.4 Å². The molecule has 5 heteroatoms. The van der Waals surface area contributed by atoms with E-state index in [1.165, 1.54) is 6.42 Å². The van der Waals surface area contributed by atoms with Crippen molar-refractivity contribution < 1.29 is 4.79 Å². The highest BCUT2D eigenvalue weighted by molar-refractivity contribution is 5.96. The van der Waals surface area contributed by atoms with Gasteiger partial charge >= 0.3 is 0 Å². The van der Waals surface area contributed by atoms with E-state index in [9.17, 15) is 4.79 Å². The number of nitrogen functional groups attached to an aromatic ring is 2. The molecule has 2 rings (SSSR count). The first kappa shape index (κ1) is 12.7. The summed E-state index contributed by atoms with van der Waals surface area (Å²) in [5, 5.41) is 2.93. The van der Waals surface area contributed by atoms with E-state index in [-0.39, 0.29) is 5.91 Å². The molecule has 0 bridgehead atoms. The van der Waals surface area contributed by atoms with Crippen LogP contribution in [0.3, 0.4) is 0 Å². The molecule has 0 aliphatic carbocycles. The second-order valence-corrected chi connectivity index (χ2v) is 4.88. The summed E-state index contributed by atoms with van der Waals surface area (Å²) in [5.74, 6) is -0.116. The molecule has 1 heterocycles.